The summed E-state index contributed by atoms with van der Waals surface area (Å²) in [4.78, 5) is 85.3. The van der Waals surface area contributed by atoms with Crippen LogP contribution in [-0.2, 0) is 23.7 Å². The topological polar surface area (TPSA) is 198 Å². The third kappa shape index (κ3) is 8.67. The van der Waals surface area contributed by atoms with Gasteiger partial charge in [-0.3, -0.25) is 19.6 Å². The van der Waals surface area contributed by atoms with Gasteiger partial charge in [-0.2, -0.15) is 0 Å². The number of ether oxygens (including phenoxy) is 2. The summed E-state index contributed by atoms with van der Waals surface area (Å²) in [7, 11) is 2.84. The zero-order chi connectivity index (χ0) is 46.4. The standard InChI is InChI=1S/2C24H26N4O4/c2*1-14-13-18(32-21(29)24(2,3)4)19-17(25-14)12-11-16(15-9-7-6-8-10-15)20(19)28-23(31)27(5)22(30)26-28/h2*6-13,16,20H,1-5H3,(H,26,30)/t2*16-,20-/m11/s1. The van der Waals surface area contributed by atoms with E-state index in [0.717, 1.165) is 20.3 Å². The second kappa shape index (κ2) is 17.1. The van der Waals surface area contributed by atoms with E-state index in [2.05, 4.69) is 20.2 Å². The fourth-order valence-electron chi connectivity index (χ4n) is 7.68. The van der Waals surface area contributed by atoms with Crippen LogP contribution in [0.4, 0.5) is 0 Å². The molecule has 0 bridgehead atoms. The SMILES string of the molecule is Cc1cc(OC(=O)C(C)(C)C)c2c(n1)C=C[C@H](c1ccccc1)[C@H]2n1[nH]c(=O)n(C)c1=O.Cc1cc(OC(=O)C(C)(C)C)c2c(n1)C=C[C@H](c1ccccc1)[C@H]2n1[nH]c(=O)n(C)c1=O. The Hall–Kier alpha value is -7.36. The third-order valence-corrected chi connectivity index (χ3v) is 11.1. The fourth-order valence-corrected chi connectivity index (χ4v) is 7.68. The monoisotopic (exact) mass is 868 g/mol. The van der Waals surface area contributed by atoms with E-state index in [-0.39, 0.29) is 11.8 Å². The zero-order valence-electron chi connectivity index (χ0n) is 37.5. The van der Waals surface area contributed by atoms with E-state index in [1.54, 1.807) is 53.7 Å². The third-order valence-electron chi connectivity index (χ3n) is 11.1. The second-order valence-electron chi connectivity index (χ2n) is 18.1. The minimum atomic E-state index is -0.721. The first-order valence-electron chi connectivity index (χ1n) is 20.8. The number of nitrogens with zero attached hydrogens (tertiary/aromatic N) is 6. The number of esters is 2. The predicted molar refractivity (Wildman–Crippen MR) is 241 cm³/mol. The maximum absolute atomic E-state index is 13.0. The number of nitrogens with one attached hydrogen (secondary N) is 2. The Balaban J connectivity index is 0.000000191. The van der Waals surface area contributed by atoms with Crippen LogP contribution in [0.1, 0.15) is 110 Å². The number of fused-ring (bicyclic) bond motifs is 2. The molecule has 0 saturated heterocycles. The van der Waals surface area contributed by atoms with Gasteiger partial charge in [0.1, 0.15) is 11.5 Å². The molecule has 0 amide bonds. The van der Waals surface area contributed by atoms with Gasteiger partial charge >= 0.3 is 34.7 Å². The Labute approximate surface area is 368 Å². The number of hydrogen-bond donors (Lipinski definition) is 2. The number of H-pyrrole nitrogens is 2. The van der Waals surface area contributed by atoms with Crippen LogP contribution in [0.5, 0.6) is 11.5 Å². The van der Waals surface area contributed by atoms with Crippen LogP contribution in [0, 0.1) is 24.7 Å². The van der Waals surface area contributed by atoms with Crippen molar-refractivity contribution < 1.29 is 19.1 Å². The minimum Gasteiger partial charge on any atom is -0.426 e. The van der Waals surface area contributed by atoms with Crippen molar-refractivity contribution in [2.45, 2.75) is 79.3 Å². The van der Waals surface area contributed by atoms with Crippen molar-refractivity contribution in [3.8, 4) is 11.5 Å². The number of rotatable bonds is 6. The van der Waals surface area contributed by atoms with Gasteiger partial charge in [0.15, 0.2) is 0 Å². The molecule has 2 N–H and O–H groups in total. The lowest BCUT2D eigenvalue weighted by Gasteiger charge is -2.31. The number of hydrogen-bond acceptors (Lipinski definition) is 10. The van der Waals surface area contributed by atoms with Crippen molar-refractivity contribution in [1.82, 2.24) is 38.7 Å². The van der Waals surface area contributed by atoms with Gasteiger partial charge in [-0.25, -0.2) is 47.9 Å². The number of aryl methyl sites for hydroxylation is 2. The van der Waals surface area contributed by atoms with Crippen LogP contribution in [0.2, 0.25) is 0 Å². The predicted octanol–water partition coefficient (Wildman–Crippen LogP) is 5.86. The summed E-state index contributed by atoms with van der Waals surface area (Å²) in [5.41, 5.74) is 2.13. The van der Waals surface area contributed by atoms with Crippen LogP contribution in [0.15, 0.2) is 104 Å². The highest BCUT2D eigenvalue weighted by atomic mass is 16.5. The maximum atomic E-state index is 13.0. The van der Waals surface area contributed by atoms with Crippen molar-refractivity contribution in [2.24, 2.45) is 24.9 Å². The van der Waals surface area contributed by atoms with Crippen LogP contribution < -0.4 is 32.2 Å². The lowest BCUT2D eigenvalue weighted by molar-refractivity contribution is -0.143. The van der Waals surface area contributed by atoms with Gasteiger partial charge in [0.25, 0.3) is 0 Å². The number of carbonyl (C=O) groups is 2. The van der Waals surface area contributed by atoms with E-state index in [1.165, 1.54) is 23.5 Å². The van der Waals surface area contributed by atoms with E-state index in [1.807, 2.05) is 98.8 Å². The summed E-state index contributed by atoms with van der Waals surface area (Å²) in [6, 6.07) is 21.4. The lowest BCUT2D eigenvalue weighted by Crippen LogP contribution is -2.34. The second-order valence-corrected chi connectivity index (χ2v) is 18.1. The first-order chi connectivity index (χ1) is 30.1. The van der Waals surface area contributed by atoms with Crippen LogP contribution in [-0.4, -0.2) is 50.6 Å². The summed E-state index contributed by atoms with van der Waals surface area (Å²) in [5.74, 6) is -0.724. The van der Waals surface area contributed by atoms with Crippen molar-refractivity contribution in [3.63, 3.8) is 0 Å². The van der Waals surface area contributed by atoms with Gasteiger partial charge in [0.05, 0.1) is 34.3 Å². The molecule has 4 atom stereocenters. The first-order valence-corrected chi connectivity index (χ1v) is 20.8. The van der Waals surface area contributed by atoms with Crippen LogP contribution >= 0.6 is 0 Å². The average molecular weight is 869 g/mol. The molecule has 332 valence electrons. The van der Waals surface area contributed by atoms with Gasteiger partial charge in [-0.05, 0) is 78.7 Å². The molecule has 2 aliphatic rings. The van der Waals surface area contributed by atoms with Crippen molar-refractivity contribution in [2.75, 3.05) is 0 Å². The highest BCUT2D eigenvalue weighted by molar-refractivity contribution is 5.80. The molecule has 0 aliphatic heterocycles. The maximum Gasteiger partial charge on any atom is 0.347 e. The van der Waals surface area contributed by atoms with Gasteiger partial charge in [0, 0.05) is 60.6 Å². The minimum absolute atomic E-state index is 0.295. The molecular formula is C48H52N8O8. The number of allylic oxidation sites excluding steroid dienone is 2. The Morgan fingerprint density at radius 3 is 1.22 bits per heavy atom. The molecule has 0 radical (unpaired) electrons. The first kappa shape index (κ1) is 44.7. The van der Waals surface area contributed by atoms with E-state index < -0.39 is 57.6 Å². The number of aromatic nitrogens is 8. The summed E-state index contributed by atoms with van der Waals surface area (Å²) >= 11 is 0. The lowest BCUT2D eigenvalue weighted by atomic mass is 9.82. The highest BCUT2D eigenvalue weighted by Crippen LogP contribution is 2.46. The number of carbonyl (C=O) groups excluding carboxylic acids is 2. The Morgan fingerprint density at radius 1 is 0.578 bits per heavy atom. The molecule has 4 heterocycles. The smallest absolute Gasteiger partial charge is 0.347 e. The van der Waals surface area contributed by atoms with Crippen LogP contribution in [0.3, 0.4) is 0 Å². The highest BCUT2D eigenvalue weighted by Gasteiger charge is 2.38. The van der Waals surface area contributed by atoms with E-state index in [0.29, 0.717) is 45.4 Å². The molecule has 0 unspecified atom stereocenters. The molecular weight excluding hydrogens is 817 g/mol. The molecule has 8 rings (SSSR count). The Bertz CT molecular complexity index is 2850. The molecule has 2 aromatic carbocycles. The van der Waals surface area contributed by atoms with Gasteiger partial charge in [0.2, 0.25) is 0 Å². The zero-order valence-corrected chi connectivity index (χ0v) is 37.5. The number of aromatic amines is 2. The molecule has 0 saturated carbocycles. The molecule has 0 spiro atoms. The Morgan fingerprint density at radius 2 is 0.922 bits per heavy atom. The summed E-state index contributed by atoms with van der Waals surface area (Å²) in [6.45, 7) is 14.3. The average Bonchev–Trinajstić information content (AvgIpc) is 3.65. The fraction of sp³-hybridized carbons (Fsp3) is 0.333. The van der Waals surface area contributed by atoms with Gasteiger partial charge < -0.3 is 9.47 Å². The molecule has 0 fully saturated rings. The largest absolute Gasteiger partial charge is 0.426 e. The van der Waals surface area contributed by atoms with Crippen molar-refractivity contribution in [1.29, 1.82) is 0 Å². The molecule has 4 aromatic heterocycles. The molecule has 16 heteroatoms. The van der Waals surface area contributed by atoms with E-state index in [9.17, 15) is 28.8 Å². The van der Waals surface area contributed by atoms with Crippen molar-refractivity contribution in [3.05, 3.63) is 172 Å². The molecule has 6 aromatic rings. The van der Waals surface area contributed by atoms with Gasteiger partial charge in [-0.1, -0.05) is 72.8 Å². The molecule has 2 aliphatic carbocycles. The van der Waals surface area contributed by atoms with Crippen LogP contribution in [0.25, 0.3) is 12.2 Å². The summed E-state index contributed by atoms with van der Waals surface area (Å²) < 4.78 is 16.3. The number of pyridine rings is 2. The molecule has 64 heavy (non-hydrogen) atoms. The van der Waals surface area contributed by atoms with Gasteiger partial charge in [-0.15, -0.1) is 0 Å². The van der Waals surface area contributed by atoms with E-state index in [4.69, 9.17) is 9.47 Å². The summed E-state index contributed by atoms with van der Waals surface area (Å²) in [5, 5.41) is 5.32. The van der Waals surface area contributed by atoms with E-state index >= 15 is 0 Å². The summed E-state index contributed by atoms with van der Waals surface area (Å²) in [6.07, 6.45) is 7.66. The quantitative estimate of drug-likeness (QED) is 0.191. The number of benzene rings is 2. The van der Waals surface area contributed by atoms with Crippen molar-refractivity contribution >= 4 is 24.1 Å². The molecule has 16 nitrogen and oxygen atoms in total. The Kier molecular flexibility index (Phi) is 11.9. The normalized spacial score (nSPS) is 17.8.